The number of fused-ring (bicyclic) bond motifs is 4. The molecule has 5 aliphatic heterocycles. The van der Waals surface area contributed by atoms with E-state index in [0.717, 1.165) is 74.7 Å². The molecule has 0 radical (unpaired) electrons. The first-order valence-electron chi connectivity index (χ1n) is 24.2. The maximum Gasteiger partial charge on any atom is 0.255 e. The summed E-state index contributed by atoms with van der Waals surface area (Å²) in [4.78, 5) is 94.8. The van der Waals surface area contributed by atoms with Crippen LogP contribution in [0.15, 0.2) is 97.3 Å². The zero-order valence-electron chi connectivity index (χ0n) is 39.1. The van der Waals surface area contributed by atoms with Gasteiger partial charge in [-0.25, -0.2) is 9.97 Å². The van der Waals surface area contributed by atoms with Crippen LogP contribution in [0.5, 0.6) is 11.5 Å². The van der Waals surface area contributed by atoms with Gasteiger partial charge >= 0.3 is 0 Å². The number of amides is 6. The van der Waals surface area contributed by atoms with Crippen molar-refractivity contribution in [2.45, 2.75) is 77.0 Å². The molecular formula is C54H49N9O9. The highest BCUT2D eigenvalue weighted by molar-refractivity contribution is 6.07. The fourth-order valence-electron chi connectivity index (χ4n) is 10.5. The quantitative estimate of drug-likeness (QED) is 0.131. The van der Waals surface area contributed by atoms with Crippen molar-refractivity contribution >= 4 is 52.1 Å². The number of H-pyrrole nitrogens is 1. The van der Waals surface area contributed by atoms with Crippen LogP contribution in [0.3, 0.4) is 0 Å². The van der Waals surface area contributed by atoms with Crippen LogP contribution >= 0.6 is 0 Å². The summed E-state index contributed by atoms with van der Waals surface area (Å²) >= 11 is 0. The van der Waals surface area contributed by atoms with Crippen LogP contribution in [0, 0.1) is 0 Å². The van der Waals surface area contributed by atoms with Crippen molar-refractivity contribution in [3.8, 4) is 22.6 Å². The molecule has 12 rings (SSSR count). The molecule has 8 heterocycles. The van der Waals surface area contributed by atoms with Gasteiger partial charge in [0.1, 0.15) is 48.3 Å². The van der Waals surface area contributed by atoms with Crippen LogP contribution in [0.25, 0.3) is 27.8 Å². The number of nitrogens with one attached hydrogen (secondary N) is 3. The maximum absolute atomic E-state index is 13.6. The van der Waals surface area contributed by atoms with Gasteiger partial charge in [-0.3, -0.25) is 44.3 Å². The van der Waals surface area contributed by atoms with Crippen LogP contribution < -0.4 is 20.1 Å². The monoisotopic (exact) mass is 967 g/mol. The van der Waals surface area contributed by atoms with Crippen LogP contribution in [0.2, 0.25) is 0 Å². The van der Waals surface area contributed by atoms with Crippen LogP contribution in [-0.4, -0.2) is 108 Å². The van der Waals surface area contributed by atoms with Crippen LogP contribution in [0.1, 0.15) is 85.7 Å². The molecule has 0 bridgehead atoms. The molecule has 3 saturated heterocycles. The smallest absolute Gasteiger partial charge is 0.255 e. The van der Waals surface area contributed by atoms with Gasteiger partial charge in [0.2, 0.25) is 23.6 Å². The maximum atomic E-state index is 13.6. The zero-order chi connectivity index (χ0) is 49.0. The largest absolute Gasteiger partial charge is 0.489 e. The first kappa shape index (κ1) is 45.0. The molecule has 18 heteroatoms. The Morgan fingerprint density at radius 1 is 0.653 bits per heavy atom. The second kappa shape index (κ2) is 18.5. The van der Waals surface area contributed by atoms with Crippen molar-refractivity contribution in [2.75, 3.05) is 26.3 Å². The van der Waals surface area contributed by atoms with Crippen molar-refractivity contribution in [1.82, 2.24) is 44.7 Å². The van der Waals surface area contributed by atoms with E-state index in [2.05, 4.69) is 44.9 Å². The minimum atomic E-state index is -0.733. The second-order valence-electron chi connectivity index (χ2n) is 18.9. The topological polar surface area (TPSA) is 210 Å². The van der Waals surface area contributed by atoms with E-state index < -0.39 is 23.9 Å². The summed E-state index contributed by atoms with van der Waals surface area (Å²) in [5.41, 5.74) is 10.6. The minimum Gasteiger partial charge on any atom is -0.489 e. The highest BCUT2D eigenvalue weighted by Gasteiger charge is 2.42. The Balaban J connectivity index is 0.760. The summed E-state index contributed by atoms with van der Waals surface area (Å²) in [6.45, 7) is 4.65. The Morgan fingerprint density at radius 3 is 1.92 bits per heavy atom. The molecule has 18 nitrogen and oxygen atoms in total. The summed E-state index contributed by atoms with van der Waals surface area (Å²) in [6.07, 6.45) is 5.59. The van der Waals surface area contributed by atoms with E-state index in [9.17, 15) is 28.8 Å². The summed E-state index contributed by atoms with van der Waals surface area (Å²) < 4.78 is 20.5. The summed E-state index contributed by atoms with van der Waals surface area (Å²) in [5.74, 6) is -0.146. The van der Waals surface area contributed by atoms with Gasteiger partial charge in [0.15, 0.2) is 0 Å². The average Bonchev–Trinajstić information content (AvgIpc) is 4.15. The number of hydrogen-bond acceptors (Lipinski definition) is 12. The first-order valence-corrected chi connectivity index (χ1v) is 24.2. The number of rotatable bonds is 13. The number of carbonyl (C=O) groups excluding carboxylic acids is 6. The molecule has 5 aliphatic rings. The molecule has 2 unspecified atom stereocenters. The Labute approximate surface area is 412 Å². The highest BCUT2D eigenvalue weighted by Crippen LogP contribution is 2.37. The molecule has 0 aliphatic carbocycles. The van der Waals surface area contributed by atoms with E-state index in [0.29, 0.717) is 60.8 Å². The molecule has 72 heavy (non-hydrogen) atoms. The fourth-order valence-corrected chi connectivity index (χ4v) is 10.5. The number of piperidine rings is 2. The number of hydrogen-bond donors (Lipinski definition) is 3. The molecular weight excluding hydrogens is 919 g/mol. The number of imidazole rings is 2. The van der Waals surface area contributed by atoms with Gasteiger partial charge in [0.05, 0.1) is 43.0 Å². The lowest BCUT2D eigenvalue weighted by Crippen LogP contribution is -2.52. The van der Waals surface area contributed by atoms with Gasteiger partial charge in [-0.05, 0) is 77.6 Å². The zero-order valence-corrected chi connectivity index (χ0v) is 39.1. The van der Waals surface area contributed by atoms with E-state index in [1.807, 2.05) is 53.1 Å². The predicted octanol–water partition coefficient (Wildman–Crippen LogP) is 4.98. The third-order valence-corrected chi connectivity index (χ3v) is 14.3. The van der Waals surface area contributed by atoms with Gasteiger partial charge in [0, 0.05) is 79.1 Å². The predicted molar refractivity (Wildman–Crippen MR) is 259 cm³/mol. The molecule has 3 aromatic heterocycles. The van der Waals surface area contributed by atoms with Crippen LogP contribution in [-0.2, 0) is 63.2 Å². The number of nitrogens with zero attached hydrogens (tertiary/aromatic N) is 6. The van der Waals surface area contributed by atoms with E-state index in [4.69, 9.17) is 24.2 Å². The van der Waals surface area contributed by atoms with E-state index >= 15 is 0 Å². The number of aromatic amines is 1. The average molecular weight is 968 g/mol. The minimum absolute atomic E-state index is 0.174. The molecule has 0 saturated carbocycles. The molecule has 4 aromatic carbocycles. The second-order valence-corrected chi connectivity index (χ2v) is 18.9. The number of benzene rings is 4. The molecule has 364 valence electrons. The lowest BCUT2D eigenvalue weighted by atomic mass is 10.0. The SMILES string of the molecule is O=C1CCC(N2Cc3c(OCc4ccc(Cc5nc6ccc(-c7cc8nc(CN9CCOCC9)cn8cc7COc7cccc8c7CN(C7CCC(=O)NC7=O)C8=O)cc6[nH]5)cc4)cccc3C2=O)C(=O)N1. The highest BCUT2D eigenvalue weighted by atomic mass is 16.5. The fraction of sp³-hybridized carbons (Fsp3) is 0.296. The molecule has 0 spiro atoms. The van der Waals surface area contributed by atoms with Crippen molar-refractivity contribution in [1.29, 1.82) is 0 Å². The molecule has 2 atom stereocenters. The van der Waals surface area contributed by atoms with Gasteiger partial charge < -0.3 is 33.4 Å². The first-order chi connectivity index (χ1) is 35.1. The van der Waals surface area contributed by atoms with Crippen molar-refractivity contribution in [3.63, 3.8) is 0 Å². The number of carbonyl (C=O) groups is 6. The lowest BCUT2D eigenvalue weighted by molar-refractivity contribution is -0.138. The van der Waals surface area contributed by atoms with E-state index in [1.54, 1.807) is 24.3 Å². The molecule has 3 fully saturated rings. The molecule has 3 N–H and O–H groups in total. The Morgan fingerprint density at radius 2 is 1.28 bits per heavy atom. The Bertz CT molecular complexity index is 3380. The Hall–Kier alpha value is -8.22. The molecule has 7 aromatic rings. The Kier molecular flexibility index (Phi) is 11.6. The van der Waals surface area contributed by atoms with Gasteiger partial charge in [-0.1, -0.05) is 42.5 Å². The van der Waals surface area contributed by atoms with Gasteiger partial charge in [-0.15, -0.1) is 0 Å². The van der Waals surface area contributed by atoms with Crippen molar-refractivity contribution < 1.29 is 43.0 Å². The number of ether oxygens (including phenoxy) is 3. The standard InChI is InChI=1S/C54H49N9O9/c64-49-15-13-43(51(66)58-49)62-27-39-36(53(62)68)3-1-5-45(39)71-29-32-9-7-31(8-10-32)21-47-56-41-12-11-33(22-42(41)57-47)38-23-48-55-35(25-60-17-19-70-20-18-60)26-61(48)24-34(38)30-72-46-6-2-4-37-40(46)28-63(54(37)69)44-14-16-50(65)59-52(44)67/h1-12,22-24,26,43-44H,13-21,25,27-30H2,(H,56,57)(H,58,64,66)(H,59,65,67). The van der Waals surface area contributed by atoms with Gasteiger partial charge in [0.25, 0.3) is 11.8 Å². The van der Waals surface area contributed by atoms with E-state index in [1.165, 1.54) is 9.80 Å². The number of aromatic nitrogens is 4. The lowest BCUT2D eigenvalue weighted by Gasteiger charge is -2.29. The van der Waals surface area contributed by atoms with E-state index in [-0.39, 0.29) is 69.2 Å². The number of pyridine rings is 1. The summed E-state index contributed by atoms with van der Waals surface area (Å²) in [6, 6.07) is 25.6. The summed E-state index contributed by atoms with van der Waals surface area (Å²) in [5, 5.41) is 4.72. The molecule has 6 amide bonds. The van der Waals surface area contributed by atoms with Crippen LogP contribution in [0.4, 0.5) is 0 Å². The summed E-state index contributed by atoms with van der Waals surface area (Å²) in [7, 11) is 0. The third-order valence-electron chi connectivity index (χ3n) is 14.3. The third kappa shape index (κ3) is 8.61. The normalized spacial score (nSPS) is 19.3. The van der Waals surface area contributed by atoms with Gasteiger partial charge in [-0.2, -0.15) is 0 Å². The van der Waals surface area contributed by atoms with Crippen molar-refractivity contribution in [2.24, 2.45) is 0 Å². The number of imide groups is 2. The van der Waals surface area contributed by atoms with Crippen molar-refractivity contribution in [3.05, 3.63) is 148 Å². The number of morpholine rings is 1.